The van der Waals surface area contributed by atoms with Crippen LogP contribution in [0.3, 0.4) is 0 Å². The van der Waals surface area contributed by atoms with Crippen molar-refractivity contribution in [1.29, 1.82) is 0 Å². The van der Waals surface area contributed by atoms with Gasteiger partial charge in [0.1, 0.15) is 6.54 Å². The van der Waals surface area contributed by atoms with Gasteiger partial charge in [0.05, 0.1) is 15.6 Å². The Morgan fingerprint density at radius 2 is 1.62 bits per heavy atom. The molecule has 4 aromatic rings. The first-order valence-corrected chi connectivity index (χ1v) is 13.0. The van der Waals surface area contributed by atoms with Gasteiger partial charge in [0.2, 0.25) is 5.91 Å². The average molecular weight is 550 g/mol. The van der Waals surface area contributed by atoms with Gasteiger partial charge in [-0.1, -0.05) is 71.7 Å². The predicted octanol–water partition coefficient (Wildman–Crippen LogP) is 6.98. The Hall–Kier alpha value is -3.52. The number of nitrogens with one attached hydrogen (secondary N) is 1. The van der Waals surface area contributed by atoms with Crippen LogP contribution in [0.5, 0.6) is 0 Å². The first-order chi connectivity index (χ1) is 17.8. The predicted molar refractivity (Wildman–Crippen MR) is 150 cm³/mol. The lowest BCUT2D eigenvalue weighted by atomic mass is 10.1. The van der Waals surface area contributed by atoms with Gasteiger partial charge >= 0.3 is 0 Å². The molecule has 1 saturated heterocycles. The van der Waals surface area contributed by atoms with Crippen LogP contribution in [0.4, 0.5) is 10.5 Å². The number of imide groups is 1. The van der Waals surface area contributed by atoms with Gasteiger partial charge in [0.15, 0.2) is 0 Å². The normalized spacial score (nSPS) is 14.7. The summed E-state index contributed by atoms with van der Waals surface area (Å²) in [6.45, 7) is 2.13. The lowest BCUT2D eigenvalue weighted by molar-refractivity contribution is -0.127. The number of para-hydroxylation sites is 2. The molecule has 1 fully saturated rings. The Kier molecular flexibility index (Phi) is 7.11. The van der Waals surface area contributed by atoms with E-state index >= 15 is 0 Å². The molecule has 186 valence electrons. The van der Waals surface area contributed by atoms with Crippen molar-refractivity contribution in [3.63, 3.8) is 0 Å². The van der Waals surface area contributed by atoms with Crippen LogP contribution in [0.2, 0.25) is 10.0 Å². The molecular formula is C28H21Cl2N3O3S. The molecule has 0 bridgehead atoms. The van der Waals surface area contributed by atoms with Crippen LogP contribution < -0.4 is 5.32 Å². The molecule has 0 saturated carbocycles. The van der Waals surface area contributed by atoms with Gasteiger partial charge in [0.25, 0.3) is 11.1 Å². The van der Waals surface area contributed by atoms with E-state index in [1.807, 2.05) is 55.5 Å². The molecule has 0 unspecified atom stereocenters. The van der Waals surface area contributed by atoms with Crippen LogP contribution in [-0.2, 0) is 16.1 Å². The van der Waals surface area contributed by atoms with E-state index in [1.165, 1.54) is 0 Å². The van der Waals surface area contributed by atoms with Crippen molar-refractivity contribution in [2.75, 3.05) is 11.9 Å². The molecule has 9 heteroatoms. The Bertz CT molecular complexity index is 1590. The maximum absolute atomic E-state index is 13.2. The molecule has 2 heterocycles. The Balaban J connectivity index is 1.43. The van der Waals surface area contributed by atoms with Crippen molar-refractivity contribution in [2.24, 2.45) is 0 Å². The van der Waals surface area contributed by atoms with Gasteiger partial charge < -0.3 is 9.88 Å². The maximum Gasteiger partial charge on any atom is 0.294 e. The van der Waals surface area contributed by atoms with Crippen molar-refractivity contribution in [2.45, 2.75) is 13.5 Å². The highest BCUT2D eigenvalue weighted by Crippen LogP contribution is 2.36. The summed E-state index contributed by atoms with van der Waals surface area (Å²) in [5.41, 5.74) is 4.16. The molecule has 3 aromatic carbocycles. The number of carbonyl (C=O) groups excluding carboxylic acids is 3. The molecule has 0 aliphatic carbocycles. The second-order valence-corrected chi connectivity index (χ2v) is 10.3. The quantitative estimate of drug-likeness (QED) is 0.263. The summed E-state index contributed by atoms with van der Waals surface area (Å²) >= 11 is 13.3. The maximum atomic E-state index is 13.2. The number of hydrogen-bond acceptors (Lipinski definition) is 4. The topological polar surface area (TPSA) is 71.4 Å². The SMILES string of the molecule is Cc1c(/C=C2/SC(=O)N(CC(=O)Nc3ccccc3Cl)C2=O)c2ccccc2n1Cc1ccccc1Cl. The highest BCUT2D eigenvalue weighted by molar-refractivity contribution is 8.18. The van der Waals surface area contributed by atoms with Crippen LogP contribution in [0, 0.1) is 6.92 Å². The molecule has 1 aromatic heterocycles. The van der Waals surface area contributed by atoms with Crippen LogP contribution in [-0.4, -0.2) is 33.1 Å². The molecular weight excluding hydrogens is 529 g/mol. The zero-order valence-electron chi connectivity index (χ0n) is 19.7. The minimum absolute atomic E-state index is 0.263. The lowest BCUT2D eigenvalue weighted by Crippen LogP contribution is -2.36. The third kappa shape index (κ3) is 5.03. The number of benzene rings is 3. The standard InChI is InChI=1S/C28H21Cl2N3O3S/c1-17-20(19-9-3-7-13-24(19)32(17)15-18-8-2-4-10-21(18)29)14-25-27(35)33(28(36)37-25)16-26(34)31-23-12-6-5-11-22(23)30/h2-14H,15-16H2,1H3,(H,31,34)/b25-14+. The summed E-state index contributed by atoms with van der Waals surface area (Å²) in [5.74, 6) is -1.02. The Labute approximate surface area is 227 Å². The van der Waals surface area contributed by atoms with Crippen LogP contribution >= 0.6 is 35.0 Å². The van der Waals surface area contributed by atoms with Crippen molar-refractivity contribution in [3.8, 4) is 0 Å². The Morgan fingerprint density at radius 1 is 0.946 bits per heavy atom. The third-order valence-electron chi connectivity index (χ3n) is 6.16. The van der Waals surface area contributed by atoms with E-state index in [0.717, 1.165) is 44.4 Å². The molecule has 3 amide bonds. The van der Waals surface area contributed by atoms with E-state index in [-0.39, 0.29) is 4.91 Å². The number of rotatable bonds is 6. The van der Waals surface area contributed by atoms with E-state index in [4.69, 9.17) is 23.2 Å². The molecule has 37 heavy (non-hydrogen) atoms. The highest BCUT2D eigenvalue weighted by Gasteiger charge is 2.36. The van der Waals surface area contributed by atoms with Crippen LogP contribution in [0.1, 0.15) is 16.8 Å². The average Bonchev–Trinajstić information content (AvgIpc) is 3.30. The number of fused-ring (bicyclic) bond motifs is 1. The number of aromatic nitrogens is 1. The summed E-state index contributed by atoms with van der Waals surface area (Å²) in [5, 5.41) is 4.15. The van der Waals surface area contributed by atoms with Crippen molar-refractivity contribution >= 4 is 74.7 Å². The van der Waals surface area contributed by atoms with E-state index in [2.05, 4.69) is 9.88 Å². The van der Waals surface area contributed by atoms with Crippen molar-refractivity contribution in [3.05, 3.63) is 105 Å². The third-order valence-corrected chi connectivity index (χ3v) is 7.77. The molecule has 0 radical (unpaired) electrons. The zero-order chi connectivity index (χ0) is 26.1. The Morgan fingerprint density at radius 3 is 2.38 bits per heavy atom. The van der Waals surface area contributed by atoms with E-state index in [9.17, 15) is 14.4 Å². The van der Waals surface area contributed by atoms with Gasteiger partial charge in [-0.05, 0) is 54.6 Å². The second kappa shape index (κ2) is 10.5. The minimum atomic E-state index is -0.510. The van der Waals surface area contributed by atoms with E-state index < -0.39 is 23.6 Å². The first kappa shape index (κ1) is 25.1. The molecule has 6 nitrogen and oxygen atoms in total. The summed E-state index contributed by atoms with van der Waals surface area (Å²) in [6.07, 6.45) is 1.73. The number of thioether (sulfide) groups is 1. The largest absolute Gasteiger partial charge is 0.340 e. The molecule has 1 aliphatic heterocycles. The van der Waals surface area contributed by atoms with E-state index in [0.29, 0.717) is 22.3 Å². The lowest BCUT2D eigenvalue weighted by Gasteiger charge is -2.13. The number of anilines is 1. The number of amides is 3. The first-order valence-electron chi connectivity index (χ1n) is 11.4. The fourth-order valence-electron chi connectivity index (χ4n) is 4.30. The molecule has 1 aliphatic rings. The van der Waals surface area contributed by atoms with Crippen molar-refractivity contribution in [1.82, 2.24) is 9.47 Å². The summed E-state index contributed by atoms with van der Waals surface area (Å²) in [6, 6.07) is 22.3. The second-order valence-electron chi connectivity index (χ2n) is 8.49. The monoisotopic (exact) mass is 549 g/mol. The van der Waals surface area contributed by atoms with Gasteiger partial charge in [-0.15, -0.1) is 0 Å². The zero-order valence-corrected chi connectivity index (χ0v) is 22.0. The van der Waals surface area contributed by atoms with Gasteiger partial charge in [-0.2, -0.15) is 0 Å². The fourth-order valence-corrected chi connectivity index (χ4v) is 5.50. The molecule has 0 spiro atoms. The number of nitrogens with zero attached hydrogens (tertiary/aromatic N) is 2. The van der Waals surface area contributed by atoms with Gasteiger partial charge in [0, 0.05) is 33.7 Å². The summed E-state index contributed by atoms with van der Waals surface area (Å²) in [7, 11) is 0. The smallest absolute Gasteiger partial charge is 0.294 e. The number of halogens is 2. The van der Waals surface area contributed by atoms with Crippen molar-refractivity contribution < 1.29 is 14.4 Å². The van der Waals surface area contributed by atoms with Gasteiger partial charge in [-0.25, -0.2) is 0 Å². The molecule has 0 atom stereocenters. The van der Waals surface area contributed by atoms with Crippen LogP contribution in [0.15, 0.2) is 77.7 Å². The van der Waals surface area contributed by atoms with Gasteiger partial charge in [-0.3, -0.25) is 19.3 Å². The summed E-state index contributed by atoms with van der Waals surface area (Å²) < 4.78 is 2.14. The fraction of sp³-hybridized carbons (Fsp3) is 0.107. The minimum Gasteiger partial charge on any atom is -0.340 e. The van der Waals surface area contributed by atoms with E-state index in [1.54, 1.807) is 30.3 Å². The molecule has 1 N–H and O–H groups in total. The highest BCUT2D eigenvalue weighted by atomic mass is 35.5. The summed E-state index contributed by atoms with van der Waals surface area (Å²) in [4.78, 5) is 39.6. The number of hydrogen-bond donors (Lipinski definition) is 1. The molecule has 5 rings (SSSR count). The van der Waals surface area contributed by atoms with Crippen LogP contribution in [0.25, 0.3) is 17.0 Å². The number of carbonyl (C=O) groups is 3.